The summed E-state index contributed by atoms with van der Waals surface area (Å²) in [6.07, 6.45) is 0. The molecule has 0 aliphatic heterocycles. The van der Waals surface area contributed by atoms with Crippen LogP contribution in [0.1, 0.15) is 0 Å². The molecule has 0 heterocycles. The fourth-order valence-corrected chi connectivity index (χ4v) is 1.27. The Morgan fingerprint density at radius 2 is 2.00 bits per heavy atom. The molecule has 108 valence electrons. The van der Waals surface area contributed by atoms with E-state index in [-0.39, 0.29) is 18.9 Å². The highest BCUT2D eigenvalue weighted by Gasteiger charge is 2.21. The molecule has 0 radical (unpaired) electrons. The van der Waals surface area contributed by atoms with Crippen LogP contribution in [0.15, 0.2) is 18.2 Å². The van der Waals surface area contributed by atoms with E-state index in [1.54, 1.807) is 0 Å². The Balaban J connectivity index is 2.81. The molecule has 2 N–H and O–H groups in total. The van der Waals surface area contributed by atoms with Crippen molar-refractivity contribution in [3.05, 3.63) is 38.4 Å². The van der Waals surface area contributed by atoms with Crippen molar-refractivity contribution < 1.29 is 24.5 Å². The van der Waals surface area contributed by atoms with E-state index in [0.717, 1.165) is 18.2 Å². The van der Waals surface area contributed by atoms with Crippen LogP contribution in [-0.2, 0) is 4.79 Å². The number of amides is 1. The Labute approximate surface area is 112 Å². The third-order valence-corrected chi connectivity index (χ3v) is 2.14. The molecule has 1 rings (SSSR count). The van der Waals surface area contributed by atoms with Gasteiger partial charge in [0.25, 0.3) is 11.6 Å². The zero-order chi connectivity index (χ0) is 15.1. The van der Waals surface area contributed by atoms with Gasteiger partial charge >= 0.3 is 5.69 Å². The summed E-state index contributed by atoms with van der Waals surface area (Å²) < 4.78 is 4.93. The van der Waals surface area contributed by atoms with Gasteiger partial charge in [0.1, 0.15) is 0 Å². The summed E-state index contributed by atoms with van der Waals surface area (Å²) in [5, 5.41) is 32.1. The lowest BCUT2D eigenvalue weighted by Crippen LogP contribution is -2.31. The van der Waals surface area contributed by atoms with Gasteiger partial charge in [-0.25, -0.2) is 0 Å². The molecule has 1 amide bonds. The molecule has 20 heavy (non-hydrogen) atoms. The maximum absolute atomic E-state index is 11.2. The second-order valence-electron chi connectivity index (χ2n) is 3.53. The van der Waals surface area contributed by atoms with Crippen LogP contribution in [0.25, 0.3) is 0 Å². The Kier molecular flexibility index (Phi) is 5.35. The van der Waals surface area contributed by atoms with E-state index in [0.29, 0.717) is 0 Å². The van der Waals surface area contributed by atoms with Gasteiger partial charge in [-0.2, -0.15) is 0 Å². The number of nitrogens with one attached hydrogen (secondary N) is 1. The first-order valence-corrected chi connectivity index (χ1v) is 5.39. The van der Waals surface area contributed by atoms with Gasteiger partial charge in [-0.05, 0) is 6.07 Å². The summed E-state index contributed by atoms with van der Waals surface area (Å²) in [6, 6.07) is 2.84. The highest BCUT2D eigenvalue weighted by molar-refractivity contribution is 5.77. The topological polar surface area (TPSA) is 145 Å². The summed E-state index contributed by atoms with van der Waals surface area (Å²) in [5.74, 6) is -0.827. The molecule has 0 unspecified atom stereocenters. The van der Waals surface area contributed by atoms with Crippen molar-refractivity contribution in [3.8, 4) is 5.75 Å². The number of hydrogen-bond donors (Lipinski definition) is 2. The van der Waals surface area contributed by atoms with Crippen LogP contribution in [0.5, 0.6) is 5.75 Å². The van der Waals surface area contributed by atoms with Crippen molar-refractivity contribution in [2.24, 2.45) is 0 Å². The van der Waals surface area contributed by atoms with Crippen molar-refractivity contribution >= 4 is 17.3 Å². The summed E-state index contributed by atoms with van der Waals surface area (Å²) in [6.45, 7) is -0.716. The second kappa shape index (κ2) is 6.99. The Morgan fingerprint density at radius 1 is 1.30 bits per heavy atom. The smallest absolute Gasteiger partial charge is 0.317 e. The van der Waals surface area contributed by atoms with Crippen molar-refractivity contribution in [1.29, 1.82) is 0 Å². The zero-order valence-electron chi connectivity index (χ0n) is 10.1. The number of nitro benzene ring substituents is 2. The Morgan fingerprint density at radius 3 is 2.55 bits per heavy atom. The molecule has 0 spiro atoms. The van der Waals surface area contributed by atoms with Gasteiger partial charge in [-0.3, -0.25) is 25.0 Å². The fourth-order valence-electron chi connectivity index (χ4n) is 1.27. The minimum atomic E-state index is -0.839. The molecule has 1 aromatic rings. The molecule has 0 atom stereocenters. The molecular weight excluding hydrogens is 274 g/mol. The summed E-state index contributed by atoms with van der Waals surface area (Å²) >= 11 is 0. The molecular formula is C10H11N3O7. The van der Waals surface area contributed by atoms with Crippen LogP contribution >= 0.6 is 0 Å². The second-order valence-corrected chi connectivity index (χ2v) is 3.53. The number of non-ortho nitro benzene ring substituents is 1. The lowest BCUT2D eigenvalue weighted by atomic mass is 10.2. The van der Waals surface area contributed by atoms with Crippen molar-refractivity contribution in [2.45, 2.75) is 0 Å². The molecule has 0 aromatic heterocycles. The highest BCUT2D eigenvalue weighted by atomic mass is 16.6. The van der Waals surface area contributed by atoms with Crippen molar-refractivity contribution in [1.82, 2.24) is 5.32 Å². The summed E-state index contributed by atoms with van der Waals surface area (Å²) in [4.78, 5) is 30.9. The van der Waals surface area contributed by atoms with E-state index in [2.05, 4.69) is 5.32 Å². The minimum absolute atomic E-state index is 0.0323. The predicted octanol–water partition coefficient (Wildman–Crippen LogP) is -0.00970. The van der Waals surface area contributed by atoms with Crippen LogP contribution in [0.4, 0.5) is 11.4 Å². The number of hydrogen-bond acceptors (Lipinski definition) is 7. The number of carbonyl (C=O) groups is 1. The number of benzene rings is 1. The first kappa shape index (κ1) is 15.3. The molecule has 0 fully saturated rings. The predicted molar refractivity (Wildman–Crippen MR) is 65.3 cm³/mol. The van der Waals surface area contributed by atoms with Crippen molar-refractivity contribution in [2.75, 3.05) is 19.8 Å². The van der Waals surface area contributed by atoms with Gasteiger partial charge < -0.3 is 15.2 Å². The largest absolute Gasteiger partial charge is 0.477 e. The third-order valence-electron chi connectivity index (χ3n) is 2.14. The van der Waals surface area contributed by atoms with Crippen molar-refractivity contribution in [3.63, 3.8) is 0 Å². The normalized spacial score (nSPS) is 9.85. The van der Waals surface area contributed by atoms with E-state index in [4.69, 9.17) is 9.84 Å². The van der Waals surface area contributed by atoms with Crippen LogP contribution in [0.2, 0.25) is 0 Å². The summed E-state index contributed by atoms with van der Waals surface area (Å²) in [5.41, 5.74) is -1.05. The molecule has 10 heteroatoms. The number of ether oxygens (including phenoxy) is 1. The molecule has 0 saturated carbocycles. The Bertz CT molecular complexity index is 532. The van der Waals surface area contributed by atoms with Gasteiger partial charge in [0.15, 0.2) is 12.4 Å². The average molecular weight is 285 g/mol. The van der Waals surface area contributed by atoms with E-state index < -0.39 is 33.7 Å². The van der Waals surface area contributed by atoms with E-state index in [1.807, 2.05) is 0 Å². The van der Waals surface area contributed by atoms with Gasteiger partial charge in [0.05, 0.1) is 22.5 Å². The molecule has 10 nitrogen and oxygen atoms in total. The maximum atomic E-state index is 11.2. The quantitative estimate of drug-likeness (QED) is 0.529. The molecule has 1 aromatic carbocycles. The lowest BCUT2D eigenvalue weighted by Gasteiger charge is -2.06. The number of rotatable bonds is 7. The fraction of sp³-hybridized carbons (Fsp3) is 0.300. The van der Waals surface area contributed by atoms with Crippen LogP contribution in [-0.4, -0.2) is 40.6 Å². The number of aliphatic hydroxyl groups excluding tert-OH is 1. The third kappa shape index (κ3) is 4.17. The van der Waals surface area contributed by atoms with E-state index >= 15 is 0 Å². The molecule has 0 aliphatic carbocycles. The number of aliphatic hydroxyl groups is 1. The van der Waals surface area contributed by atoms with Gasteiger partial charge in [0, 0.05) is 12.6 Å². The van der Waals surface area contributed by atoms with Gasteiger partial charge in [-0.1, -0.05) is 0 Å². The average Bonchev–Trinajstić information content (AvgIpc) is 2.42. The van der Waals surface area contributed by atoms with Crippen LogP contribution in [0, 0.1) is 20.2 Å². The standard InChI is InChI=1S/C10H11N3O7/c14-4-3-11-10(15)6-20-9-2-1-7(12(16)17)5-8(9)13(18)19/h1-2,5,14H,3-4,6H2,(H,11,15). The van der Waals surface area contributed by atoms with Crippen LogP contribution in [0.3, 0.4) is 0 Å². The van der Waals surface area contributed by atoms with Gasteiger partial charge in [-0.15, -0.1) is 0 Å². The number of nitrogens with zero attached hydrogens (tertiary/aromatic N) is 2. The van der Waals surface area contributed by atoms with E-state index in [1.165, 1.54) is 0 Å². The van der Waals surface area contributed by atoms with Gasteiger partial charge in [0.2, 0.25) is 0 Å². The zero-order valence-corrected chi connectivity index (χ0v) is 10.1. The molecule has 0 aliphatic rings. The maximum Gasteiger partial charge on any atom is 0.317 e. The first-order valence-electron chi connectivity index (χ1n) is 5.39. The number of carbonyl (C=O) groups excluding carboxylic acids is 1. The lowest BCUT2D eigenvalue weighted by molar-refractivity contribution is -0.394. The monoisotopic (exact) mass is 285 g/mol. The van der Waals surface area contributed by atoms with E-state index in [9.17, 15) is 25.0 Å². The first-order chi connectivity index (χ1) is 9.45. The minimum Gasteiger partial charge on any atom is -0.477 e. The highest BCUT2D eigenvalue weighted by Crippen LogP contribution is 2.30. The number of nitro groups is 2. The SMILES string of the molecule is O=C(COc1ccc([N+](=O)[O-])cc1[N+](=O)[O-])NCCO. The Hall–Kier alpha value is -2.75. The summed E-state index contributed by atoms with van der Waals surface area (Å²) in [7, 11) is 0. The van der Waals surface area contributed by atoms with Crippen LogP contribution < -0.4 is 10.1 Å². The molecule has 0 saturated heterocycles. The molecule has 0 bridgehead atoms.